The second kappa shape index (κ2) is 5.21. The molecule has 3 heteroatoms. The molecule has 0 aromatic heterocycles. The fourth-order valence-electron chi connectivity index (χ4n) is 2.45. The van der Waals surface area contributed by atoms with Crippen molar-refractivity contribution in [1.29, 1.82) is 0 Å². The molecule has 1 aliphatic rings. The minimum Gasteiger partial charge on any atom is -0.324 e. The zero-order chi connectivity index (χ0) is 12.3. The van der Waals surface area contributed by atoms with Gasteiger partial charge in [-0.25, -0.2) is 4.79 Å². The van der Waals surface area contributed by atoms with Crippen molar-refractivity contribution in [2.24, 2.45) is 0 Å². The minimum absolute atomic E-state index is 0.0862. The monoisotopic (exact) mass is 232 g/mol. The summed E-state index contributed by atoms with van der Waals surface area (Å²) in [5.74, 6) is 0. The van der Waals surface area contributed by atoms with Crippen LogP contribution in [0.1, 0.15) is 25.7 Å². The Kier molecular flexibility index (Phi) is 3.67. The molecule has 1 aliphatic carbocycles. The van der Waals surface area contributed by atoms with E-state index >= 15 is 0 Å². The molecular formula is C14H20N2O. The zero-order valence-corrected chi connectivity index (χ0v) is 10.6. The molecule has 0 bridgehead atoms. The van der Waals surface area contributed by atoms with Crippen molar-refractivity contribution in [3.05, 3.63) is 30.3 Å². The Hall–Kier alpha value is -1.51. The van der Waals surface area contributed by atoms with Gasteiger partial charge in [0.05, 0.1) is 0 Å². The van der Waals surface area contributed by atoms with Crippen LogP contribution in [0, 0.1) is 0 Å². The Labute approximate surface area is 103 Å². The topological polar surface area (TPSA) is 23.6 Å². The van der Waals surface area contributed by atoms with Crippen LogP contribution in [-0.2, 0) is 0 Å². The molecule has 1 saturated carbocycles. The number of rotatable bonds is 2. The summed E-state index contributed by atoms with van der Waals surface area (Å²) < 4.78 is 0. The van der Waals surface area contributed by atoms with E-state index in [4.69, 9.17) is 0 Å². The first-order valence-electron chi connectivity index (χ1n) is 6.25. The number of hydrogen-bond donors (Lipinski definition) is 0. The number of amides is 2. The minimum atomic E-state index is 0.0862. The van der Waals surface area contributed by atoms with Crippen LogP contribution in [0.3, 0.4) is 0 Å². The van der Waals surface area contributed by atoms with Crippen LogP contribution in [0.15, 0.2) is 30.3 Å². The van der Waals surface area contributed by atoms with Crippen molar-refractivity contribution in [2.75, 3.05) is 19.0 Å². The third-order valence-corrected chi connectivity index (χ3v) is 3.60. The summed E-state index contributed by atoms with van der Waals surface area (Å²) in [5.41, 5.74) is 0.947. The van der Waals surface area contributed by atoms with Crippen LogP contribution >= 0.6 is 0 Å². The van der Waals surface area contributed by atoms with E-state index in [9.17, 15) is 4.79 Å². The zero-order valence-electron chi connectivity index (χ0n) is 10.6. The van der Waals surface area contributed by atoms with Gasteiger partial charge in [0.25, 0.3) is 0 Å². The Morgan fingerprint density at radius 2 is 1.71 bits per heavy atom. The average molecular weight is 232 g/mol. The fourth-order valence-corrected chi connectivity index (χ4v) is 2.45. The van der Waals surface area contributed by atoms with Crippen LogP contribution in [-0.4, -0.2) is 31.1 Å². The molecule has 0 heterocycles. The number of nitrogens with zero attached hydrogens (tertiary/aromatic N) is 2. The highest BCUT2D eigenvalue weighted by atomic mass is 16.2. The van der Waals surface area contributed by atoms with Crippen LogP contribution in [0.25, 0.3) is 0 Å². The summed E-state index contributed by atoms with van der Waals surface area (Å²) in [6.45, 7) is 0. The molecule has 0 radical (unpaired) electrons. The maximum absolute atomic E-state index is 12.3. The summed E-state index contributed by atoms with van der Waals surface area (Å²) >= 11 is 0. The van der Waals surface area contributed by atoms with Crippen molar-refractivity contribution in [3.63, 3.8) is 0 Å². The Morgan fingerprint density at radius 3 is 2.29 bits per heavy atom. The predicted octanol–water partition coefficient (Wildman–Crippen LogP) is 3.12. The lowest BCUT2D eigenvalue weighted by molar-refractivity contribution is 0.199. The second-order valence-electron chi connectivity index (χ2n) is 4.73. The largest absolute Gasteiger partial charge is 0.324 e. The smallest absolute Gasteiger partial charge is 0.324 e. The molecule has 1 fully saturated rings. The van der Waals surface area contributed by atoms with E-state index in [1.54, 1.807) is 4.90 Å². The highest BCUT2D eigenvalue weighted by Gasteiger charge is 2.25. The summed E-state index contributed by atoms with van der Waals surface area (Å²) in [4.78, 5) is 15.9. The number of urea groups is 1. The standard InChI is InChI=1S/C14H20N2O/c1-15(12-8-4-3-5-9-12)14(17)16(2)13-10-6-7-11-13/h3-5,8-9,13H,6-7,10-11H2,1-2H3. The normalized spacial score (nSPS) is 15.9. The van der Waals surface area contributed by atoms with E-state index in [2.05, 4.69) is 0 Å². The predicted molar refractivity (Wildman–Crippen MR) is 70.3 cm³/mol. The molecule has 0 unspecified atom stereocenters. The third kappa shape index (κ3) is 2.60. The van der Waals surface area contributed by atoms with E-state index in [1.165, 1.54) is 12.8 Å². The van der Waals surface area contributed by atoms with E-state index in [-0.39, 0.29) is 6.03 Å². The maximum Gasteiger partial charge on any atom is 0.324 e. The van der Waals surface area contributed by atoms with E-state index in [0.717, 1.165) is 18.5 Å². The molecule has 2 amide bonds. The molecule has 0 N–H and O–H groups in total. The fraction of sp³-hybridized carbons (Fsp3) is 0.500. The molecule has 2 rings (SSSR count). The average Bonchev–Trinajstić information content (AvgIpc) is 2.91. The summed E-state index contributed by atoms with van der Waals surface area (Å²) in [6.07, 6.45) is 4.78. The Morgan fingerprint density at radius 1 is 1.12 bits per heavy atom. The van der Waals surface area contributed by atoms with Gasteiger partial charge in [0.2, 0.25) is 0 Å². The molecular weight excluding hydrogens is 212 g/mol. The number of carbonyl (C=O) groups excluding carboxylic acids is 1. The SMILES string of the molecule is CN(C(=O)N(C)C1CCCC1)c1ccccc1. The van der Waals surface area contributed by atoms with Crippen molar-refractivity contribution in [3.8, 4) is 0 Å². The first kappa shape index (κ1) is 12.0. The van der Waals surface area contributed by atoms with Crippen molar-refractivity contribution >= 4 is 11.7 Å². The first-order chi connectivity index (χ1) is 8.20. The van der Waals surface area contributed by atoms with Crippen molar-refractivity contribution < 1.29 is 4.79 Å². The van der Waals surface area contributed by atoms with Gasteiger partial charge in [-0.15, -0.1) is 0 Å². The van der Waals surface area contributed by atoms with Gasteiger partial charge in [-0.2, -0.15) is 0 Å². The van der Waals surface area contributed by atoms with Gasteiger partial charge >= 0.3 is 6.03 Å². The highest BCUT2D eigenvalue weighted by Crippen LogP contribution is 2.24. The molecule has 17 heavy (non-hydrogen) atoms. The number of hydrogen-bond acceptors (Lipinski definition) is 1. The van der Waals surface area contributed by atoms with Gasteiger partial charge in [-0.3, -0.25) is 4.90 Å². The maximum atomic E-state index is 12.3. The van der Waals surface area contributed by atoms with Gasteiger partial charge in [-0.1, -0.05) is 31.0 Å². The Bertz CT molecular complexity index is 371. The molecule has 1 aromatic carbocycles. The van der Waals surface area contributed by atoms with Gasteiger partial charge in [-0.05, 0) is 25.0 Å². The molecule has 0 atom stereocenters. The highest BCUT2D eigenvalue weighted by molar-refractivity contribution is 5.91. The first-order valence-corrected chi connectivity index (χ1v) is 6.25. The van der Waals surface area contributed by atoms with Gasteiger partial charge in [0, 0.05) is 25.8 Å². The quantitative estimate of drug-likeness (QED) is 0.768. The van der Waals surface area contributed by atoms with Crippen LogP contribution in [0.5, 0.6) is 0 Å². The number of benzene rings is 1. The second-order valence-corrected chi connectivity index (χ2v) is 4.73. The third-order valence-electron chi connectivity index (χ3n) is 3.60. The van der Waals surface area contributed by atoms with Crippen molar-refractivity contribution in [2.45, 2.75) is 31.7 Å². The lowest BCUT2D eigenvalue weighted by atomic mass is 10.2. The molecule has 0 saturated heterocycles. The Balaban J connectivity index is 2.04. The van der Waals surface area contributed by atoms with Gasteiger partial charge in [0.15, 0.2) is 0 Å². The molecule has 92 valence electrons. The van der Waals surface area contributed by atoms with E-state index in [1.807, 2.05) is 49.3 Å². The van der Waals surface area contributed by atoms with E-state index in [0.29, 0.717) is 6.04 Å². The molecule has 0 spiro atoms. The lowest BCUT2D eigenvalue weighted by Crippen LogP contribution is -2.43. The summed E-state index contributed by atoms with van der Waals surface area (Å²) in [6, 6.07) is 10.3. The summed E-state index contributed by atoms with van der Waals surface area (Å²) in [7, 11) is 3.75. The van der Waals surface area contributed by atoms with Crippen LogP contribution in [0.4, 0.5) is 10.5 Å². The summed E-state index contributed by atoms with van der Waals surface area (Å²) in [5, 5.41) is 0. The molecule has 1 aromatic rings. The van der Waals surface area contributed by atoms with Gasteiger partial charge < -0.3 is 4.90 Å². The van der Waals surface area contributed by atoms with E-state index < -0.39 is 0 Å². The van der Waals surface area contributed by atoms with Crippen molar-refractivity contribution in [1.82, 2.24) is 4.90 Å². The number of para-hydroxylation sites is 1. The van der Waals surface area contributed by atoms with Gasteiger partial charge in [0.1, 0.15) is 0 Å². The molecule has 3 nitrogen and oxygen atoms in total. The number of anilines is 1. The molecule has 0 aliphatic heterocycles. The number of carbonyl (C=O) groups is 1. The van der Waals surface area contributed by atoms with Crippen LogP contribution in [0.2, 0.25) is 0 Å². The van der Waals surface area contributed by atoms with Crippen LogP contribution < -0.4 is 4.90 Å². The lowest BCUT2D eigenvalue weighted by Gasteiger charge is -2.29.